The molecule has 0 saturated carbocycles. The summed E-state index contributed by atoms with van der Waals surface area (Å²) in [6.07, 6.45) is -0.142. The van der Waals surface area contributed by atoms with Crippen LogP contribution in [0, 0.1) is 5.82 Å². The fraction of sp³-hybridized carbons (Fsp3) is 0.500. The number of rotatable bonds is 4. The van der Waals surface area contributed by atoms with Crippen LogP contribution in [0.4, 0.5) is 4.39 Å². The van der Waals surface area contributed by atoms with Gasteiger partial charge in [-0.3, -0.25) is 4.79 Å². The second-order valence-corrected chi connectivity index (χ2v) is 4.94. The number of carbonyl (C=O) groups excluding carboxylic acids is 1. The molecule has 1 aromatic carbocycles. The summed E-state index contributed by atoms with van der Waals surface area (Å²) in [5.41, 5.74) is 0.321. The summed E-state index contributed by atoms with van der Waals surface area (Å²) >= 11 is 0. The largest absolute Gasteiger partial charge is 0.496 e. The number of halogens is 2. The van der Waals surface area contributed by atoms with Crippen molar-refractivity contribution in [2.75, 3.05) is 13.7 Å². The molecule has 1 aromatic rings. The lowest BCUT2D eigenvalue weighted by Gasteiger charge is -2.20. The number of hydrogen-bond acceptors (Lipinski definition) is 4. The molecule has 1 heterocycles. The van der Waals surface area contributed by atoms with E-state index in [2.05, 4.69) is 10.6 Å². The number of carbonyl (C=O) groups is 1. The molecular formula is C14H20ClFN2O3. The summed E-state index contributed by atoms with van der Waals surface area (Å²) in [7, 11) is 1.46. The van der Waals surface area contributed by atoms with Crippen LogP contribution < -0.4 is 15.4 Å². The van der Waals surface area contributed by atoms with Gasteiger partial charge in [0.15, 0.2) is 0 Å². The fourth-order valence-electron chi connectivity index (χ4n) is 2.42. The summed E-state index contributed by atoms with van der Waals surface area (Å²) in [6, 6.07) is 3.58. The van der Waals surface area contributed by atoms with E-state index >= 15 is 0 Å². The van der Waals surface area contributed by atoms with Gasteiger partial charge in [0.2, 0.25) is 5.91 Å². The zero-order chi connectivity index (χ0) is 14.7. The van der Waals surface area contributed by atoms with Crippen LogP contribution in [0.3, 0.4) is 0 Å². The summed E-state index contributed by atoms with van der Waals surface area (Å²) < 4.78 is 19.0. The molecule has 0 radical (unpaired) electrons. The van der Waals surface area contributed by atoms with E-state index in [1.165, 1.54) is 13.2 Å². The minimum absolute atomic E-state index is 0. The third-order valence-corrected chi connectivity index (χ3v) is 3.45. The van der Waals surface area contributed by atoms with Crippen molar-refractivity contribution in [3.8, 4) is 5.75 Å². The number of aliphatic hydroxyl groups excluding tert-OH is 1. The van der Waals surface area contributed by atoms with E-state index in [1.54, 1.807) is 19.1 Å². The molecule has 1 fully saturated rings. The third-order valence-electron chi connectivity index (χ3n) is 3.45. The molecule has 0 bridgehead atoms. The van der Waals surface area contributed by atoms with Crippen molar-refractivity contribution in [3.63, 3.8) is 0 Å². The van der Waals surface area contributed by atoms with Crippen LogP contribution in [-0.4, -0.2) is 36.8 Å². The highest BCUT2D eigenvalue weighted by Crippen LogP contribution is 2.27. The molecule has 3 atom stereocenters. The zero-order valence-electron chi connectivity index (χ0n) is 11.9. The van der Waals surface area contributed by atoms with Crippen molar-refractivity contribution in [2.24, 2.45) is 0 Å². The molecular weight excluding hydrogens is 299 g/mol. The second-order valence-electron chi connectivity index (χ2n) is 4.94. The van der Waals surface area contributed by atoms with Gasteiger partial charge >= 0.3 is 0 Å². The van der Waals surface area contributed by atoms with Gasteiger partial charge in [0.1, 0.15) is 11.6 Å². The SMILES string of the molecule is COc1cccc(F)c1C(C)NC(=O)C1CC(O)CN1.Cl. The van der Waals surface area contributed by atoms with Gasteiger partial charge in [0.25, 0.3) is 0 Å². The standard InChI is InChI=1S/C14H19FN2O3.ClH/c1-8(13-10(15)4-3-5-12(13)20-2)17-14(19)11-6-9(18)7-16-11;/h3-5,8-9,11,16,18H,6-7H2,1-2H3,(H,17,19);1H. The summed E-state index contributed by atoms with van der Waals surface area (Å²) in [5.74, 6) is -0.270. The number of methoxy groups -OCH3 is 1. The molecule has 0 aliphatic carbocycles. The maximum Gasteiger partial charge on any atom is 0.237 e. The molecule has 3 unspecified atom stereocenters. The number of amides is 1. The van der Waals surface area contributed by atoms with E-state index in [4.69, 9.17) is 4.74 Å². The second kappa shape index (κ2) is 7.59. The summed E-state index contributed by atoms with van der Waals surface area (Å²) in [4.78, 5) is 12.0. The Morgan fingerprint density at radius 2 is 2.29 bits per heavy atom. The number of β-amino-alcohol motifs (C(OH)–C–C–N with tert-alkyl or cyclic N) is 1. The first kappa shape index (κ1) is 17.7. The van der Waals surface area contributed by atoms with Crippen LogP contribution in [0.5, 0.6) is 5.75 Å². The normalized spacial score (nSPS) is 22.3. The van der Waals surface area contributed by atoms with Crippen LogP contribution in [-0.2, 0) is 4.79 Å². The average Bonchev–Trinajstić information content (AvgIpc) is 2.84. The number of ether oxygens (including phenoxy) is 1. The van der Waals surface area contributed by atoms with Crippen molar-refractivity contribution in [1.29, 1.82) is 0 Å². The van der Waals surface area contributed by atoms with E-state index in [1.807, 2.05) is 0 Å². The Kier molecular flexibility index (Phi) is 6.39. The molecule has 1 amide bonds. The third kappa shape index (κ3) is 4.06. The lowest BCUT2D eigenvalue weighted by atomic mass is 10.1. The Labute approximate surface area is 129 Å². The number of hydrogen-bond donors (Lipinski definition) is 3. The van der Waals surface area contributed by atoms with Crippen molar-refractivity contribution in [2.45, 2.75) is 31.5 Å². The quantitative estimate of drug-likeness (QED) is 0.779. The first-order valence-corrected chi connectivity index (χ1v) is 6.57. The lowest BCUT2D eigenvalue weighted by Crippen LogP contribution is -2.41. The molecule has 21 heavy (non-hydrogen) atoms. The first-order chi connectivity index (χ1) is 9.52. The van der Waals surface area contributed by atoms with E-state index in [-0.39, 0.29) is 18.3 Å². The lowest BCUT2D eigenvalue weighted by molar-refractivity contribution is -0.123. The molecule has 3 N–H and O–H groups in total. The summed E-state index contributed by atoms with van der Waals surface area (Å²) in [5, 5.41) is 15.1. The molecule has 2 rings (SSSR count). The van der Waals surface area contributed by atoms with Gasteiger partial charge in [-0.1, -0.05) is 6.07 Å². The van der Waals surface area contributed by atoms with Gasteiger partial charge in [-0.2, -0.15) is 0 Å². The maximum atomic E-state index is 13.9. The first-order valence-electron chi connectivity index (χ1n) is 6.57. The van der Waals surface area contributed by atoms with E-state index < -0.39 is 24.0 Å². The molecule has 5 nitrogen and oxygen atoms in total. The van der Waals surface area contributed by atoms with Gasteiger partial charge in [-0.15, -0.1) is 12.4 Å². The van der Waals surface area contributed by atoms with E-state index in [9.17, 15) is 14.3 Å². The van der Waals surface area contributed by atoms with Crippen LogP contribution in [0.25, 0.3) is 0 Å². The van der Waals surface area contributed by atoms with Crippen molar-refractivity contribution < 1.29 is 19.0 Å². The molecule has 0 aromatic heterocycles. The fourth-order valence-corrected chi connectivity index (χ4v) is 2.42. The van der Waals surface area contributed by atoms with Gasteiger partial charge < -0.3 is 20.5 Å². The Morgan fingerprint density at radius 1 is 1.57 bits per heavy atom. The maximum absolute atomic E-state index is 13.9. The van der Waals surface area contributed by atoms with Gasteiger partial charge in [-0.25, -0.2) is 4.39 Å². The Balaban J connectivity index is 0.00000220. The van der Waals surface area contributed by atoms with Crippen LogP contribution in [0.1, 0.15) is 24.9 Å². The zero-order valence-corrected chi connectivity index (χ0v) is 12.7. The van der Waals surface area contributed by atoms with Crippen molar-refractivity contribution >= 4 is 18.3 Å². The van der Waals surface area contributed by atoms with Crippen LogP contribution in [0.15, 0.2) is 18.2 Å². The number of benzene rings is 1. The Bertz CT molecular complexity index is 501. The van der Waals surface area contributed by atoms with Crippen LogP contribution >= 0.6 is 12.4 Å². The Hall–Kier alpha value is -1.37. The van der Waals surface area contributed by atoms with Crippen LogP contribution in [0.2, 0.25) is 0 Å². The molecule has 0 spiro atoms. The van der Waals surface area contributed by atoms with Crippen molar-refractivity contribution in [3.05, 3.63) is 29.6 Å². The highest BCUT2D eigenvalue weighted by Gasteiger charge is 2.29. The minimum atomic E-state index is -0.516. The highest BCUT2D eigenvalue weighted by molar-refractivity contribution is 5.85. The molecule has 1 aliphatic heterocycles. The van der Waals surface area contributed by atoms with Crippen molar-refractivity contribution in [1.82, 2.24) is 10.6 Å². The number of aliphatic hydroxyl groups is 1. The molecule has 118 valence electrons. The minimum Gasteiger partial charge on any atom is -0.496 e. The monoisotopic (exact) mass is 318 g/mol. The predicted molar refractivity (Wildman–Crippen MR) is 79.2 cm³/mol. The van der Waals surface area contributed by atoms with E-state index in [0.29, 0.717) is 24.3 Å². The van der Waals surface area contributed by atoms with E-state index in [0.717, 1.165) is 0 Å². The van der Waals surface area contributed by atoms with Gasteiger partial charge in [-0.05, 0) is 25.5 Å². The predicted octanol–water partition coefficient (Wildman–Crippen LogP) is 1.16. The average molecular weight is 319 g/mol. The van der Waals surface area contributed by atoms with Gasteiger partial charge in [0, 0.05) is 6.54 Å². The number of nitrogens with one attached hydrogen (secondary N) is 2. The summed E-state index contributed by atoms with van der Waals surface area (Å²) in [6.45, 7) is 2.10. The van der Waals surface area contributed by atoms with Gasteiger partial charge in [0.05, 0.1) is 30.9 Å². The highest BCUT2D eigenvalue weighted by atomic mass is 35.5. The smallest absolute Gasteiger partial charge is 0.237 e. The molecule has 1 aliphatic rings. The molecule has 7 heteroatoms. The molecule has 1 saturated heterocycles. The Morgan fingerprint density at radius 3 is 2.86 bits per heavy atom. The topological polar surface area (TPSA) is 70.6 Å².